The van der Waals surface area contributed by atoms with E-state index in [9.17, 15) is 0 Å². The van der Waals surface area contributed by atoms with Gasteiger partial charge in [0, 0.05) is 5.39 Å². The Labute approximate surface area is 128 Å². The van der Waals surface area contributed by atoms with E-state index in [0.717, 1.165) is 30.1 Å². The Hall–Kier alpha value is -1.70. The molecule has 2 rings (SSSR count). The highest BCUT2D eigenvalue weighted by atomic mass is 16.5. The fraction of sp³-hybridized carbons (Fsp3) is 0.474. The lowest BCUT2D eigenvalue weighted by atomic mass is 10.1. The minimum Gasteiger partial charge on any atom is -0.493 e. The maximum atomic E-state index is 6.01. The van der Waals surface area contributed by atoms with Gasteiger partial charge in [-0.05, 0) is 47.9 Å². The summed E-state index contributed by atoms with van der Waals surface area (Å²) >= 11 is 0. The summed E-state index contributed by atoms with van der Waals surface area (Å²) in [7, 11) is 0. The number of hydrogen-bond donors (Lipinski definition) is 0. The predicted molar refractivity (Wildman–Crippen MR) is 89.4 cm³/mol. The summed E-state index contributed by atoms with van der Waals surface area (Å²) in [5.41, 5.74) is 1.18. The Balaban J connectivity index is 2.30. The first kappa shape index (κ1) is 15.7. The molecule has 0 radical (unpaired) electrons. The quantitative estimate of drug-likeness (QED) is 0.725. The van der Waals surface area contributed by atoms with Crippen LogP contribution in [0.25, 0.3) is 10.8 Å². The average molecular weight is 286 g/mol. The topological polar surface area (TPSA) is 18.5 Å². The minimum absolute atomic E-state index is 0.522. The number of hydrogen-bond acceptors (Lipinski definition) is 2. The molecule has 0 aliphatic heterocycles. The van der Waals surface area contributed by atoms with Crippen molar-refractivity contribution < 1.29 is 9.47 Å². The molecule has 0 aromatic heterocycles. The molecule has 0 aliphatic carbocycles. The van der Waals surface area contributed by atoms with Crippen LogP contribution in [0, 0.1) is 18.8 Å². The van der Waals surface area contributed by atoms with E-state index < -0.39 is 0 Å². The molecule has 0 saturated heterocycles. The molecule has 0 atom stereocenters. The second kappa shape index (κ2) is 6.84. The zero-order chi connectivity index (χ0) is 15.4. The Bertz CT molecular complexity index is 600. The molecule has 0 N–H and O–H groups in total. The molecule has 0 unspecified atom stereocenters. The van der Waals surface area contributed by atoms with Crippen molar-refractivity contribution in [2.45, 2.75) is 34.6 Å². The lowest BCUT2D eigenvalue weighted by Gasteiger charge is -2.15. The maximum Gasteiger partial charge on any atom is 0.130 e. The van der Waals surface area contributed by atoms with Gasteiger partial charge < -0.3 is 9.47 Å². The Morgan fingerprint density at radius 3 is 2.19 bits per heavy atom. The van der Waals surface area contributed by atoms with Crippen molar-refractivity contribution in [3.63, 3.8) is 0 Å². The van der Waals surface area contributed by atoms with Crippen LogP contribution in [-0.2, 0) is 0 Å². The SMILES string of the molecule is Cc1ccc2cc(OCC(C)C)ccc2c1OCC(C)C. The third kappa shape index (κ3) is 4.13. The normalized spacial score (nSPS) is 11.4. The third-order valence-electron chi connectivity index (χ3n) is 3.28. The van der Waals surface area contributed by atoms with Crippen molar-refractivity contribution in [1.82, 2.24) is 0 Å². The number of benzene rings is 2. The van der Waals surface area contributed by atoms with Crippen molar-refractivity contribution in [3.8, 4) is 11.5 Å². The van der Waals surface area contributed by atoms with Crippen LogP contribution in [0.1, 0.15) is 33.3 Å². The van der Waals surface area contributed by atoms with Crippen LogP contribution in [0.3, 0.4) is 0 Å². The predicted octanol–water partition coefficient (Wildman–Crippen LogP) is 5.22. The van der Waals surface area contributed by atoms with E-state index in [-0.39, 0.29) is 0 Å². The maximum absolute atomic E-state index is 6.01. The highest BCUT2D eigenvalue weighted by Crippen LogP contribution is 2.32. The van der Waals surface area contributed by atoms with Gasteiger partial charge in [-0.3, -0.25) is 0 Å². The van der Waals surface area contributed by atoms with Crippen LogP contribution >= 0.6 is 0 Å². The summed E-state index contributed by atoms with van der Waals surface area (Å²) in [6, 6.07) is 10.5. The van der Waals surface area contributed by atoms with Gasteiger partial charge in [0.2, 0.25) is 0 Å². The van der Waals surface area contributed by atoms with E-state index >= 15 is 0 Å². The molecular weight excluding hydrogens is 260 g/mol. The van der Waals surface area contributed by atoms with E-state index in [1.807, 2.05) is 6.07 Å². The molecule has 0 aliphatic rings. The molecule has 0 heterocycles. The van der Waals surface area contributed by atoms with Gasteiger partial charge in [0.05, 0.1) is 13.2 Å². The lowest BCUT2D eigenvalue weighted by molar-refractivity contribution is 0.270. The summed E-state index contributed by atoms with van der Waals surface area (Å²) in [5.74, 6) is 2.98. The molecule has 0 bridgehead atoms. The monoisotopic (exact) mass is 286 g/mol. The first-order chi connectivity index (χ1) is 9.97. The smallest absolute Gasteiger partial charge is 0.130 e. The van der Waals surface area contributed by atoms with Crippen LogP contribution in [0.15, 0.2) is 30.3 Å². The fourth-order valence-electron chi connectivity index (χ4n) is 2.18. The van der Waals surface area contributed by atoms with Crippen molar-refractivity contribution in [3.05, 3.63) is 35.9 Å². The third-order valence-corrected chi connectivity index (χ3v) is 3.28. The molecule has 0 saturated carbocycles. The Kier molecular flexibility index (Phi) is 5.11. The molecule has 0 amide bonds. The highest BCUT2D eigenvalue weighted by molar-refractivity contribution is 5.90. The molecule has 0 fully saturated rings. The molecular formula is C19H26O2. The van der Waals surface area contributed by atoms with Crippen molar-refractivity contribution in [2.75, 3.05) is 13.2 Å². The molecule has 21 heavy (non-hydrogen) atoms. The summed E-state index contributed by atoms with van der Waals surface area (Å²) in [6.45, 7) is 12.2. The molecule has 2 aromatic rings. The second-order valence-corrected chi connectivity index (χ2v) is 6.50. The van der Waals surface area contributed by atoms with Crippen LogP contribution in [0.5, 0.6) is 11.5 Å². The van der Waals surface area contributed by atoms with Gasteiger partial charge in [-0.15, -0.1) is 0 Å². The summed E-state index contributed by atoms with van der Waals surface area (Å²) < 4.78 is 11.8. The van der Waals surface area contributed by atoms with Gasteiger partial charge in [0.25, 0.3) is 0 Å². The highest BCUT2D eigenvalue weighted by Gasteiger charge is 2.08. The van der Waals surface area contributed by atoms with E-state index in [0.29, 0.717) is 11.8 Å². The first-order valence-electron chi connectivity index (χ1n) is 7.76. The number of rotatable bonds is 6. The second-order valence-electron chi connectivity index (χ2n) is 6.50. The van der Waals surface area contributed by atoms with E-state index in [1.165, 1.54) is 10.9 Å². The van der Waals surface area contributed by atoms with Crippen molar-refractivity contribution in [1.29, 1.82) is 0 Å². The van der Waals surface area contributed by atoms with Crippen molar-refractivity contribution in [2.24, 2.45) is 11.8 Å². The molecule has 2 nitrogen and oxygen atoms in total. The Morgan fingerprint density at radius 1 is 0.857 bits per heavy atom. The van der Waals surface area contributed by atoms with E-state index in [1.54, 1.807) is 0 Å². The Morgan fingerprint density at radius 2 is 1.52 bits per heavy atom. The average Bonchev–Trinajstić information content (AvgIpc) is 2.43. The first-order valence-corrected chi connectivity index (χ1v) is 7.76. The molecule has 2 aromatic carbocycles. The zero-order valence-electron chi connectivity index (χ0n) is 13.8. The number of ether oxygens (including phenoxy) is 2. The zero-order valence-corrected chi connectivity index (χ0v) is 13.8. The minimum atomic E-state index is 0.522. The summed E-state index contributed by atoms with van der Waals surface area (Å²) in [5, 5.41) is 2.33. The van der Waals surface area contributed by atoms with Gasteiger partial charge in [-0.25, -0.2) is 0 Å². The van der Waals surface area contributed by atoms with Crippen LogP contribution in [-0.4, -0.2) is 13.2 Å². The van der Waals surface area contributed by atoms with Crippen LogP contribution < -0.4 is 9.47 Å². The standard InChI is InChI=1S/C19H26O2/c1-13(2)11-20-17-8-9-18-16(10-17)7-6-15(5)19(18)21-12-14(3)4/h6-10,13-14H,11-12H2,1-5H3. The van der Waals surface area contributed by atoms with Gasteiger partial charge in [0.1, 0.15) is 11.5 Å². The fourth-order valence-corrected chi connectivity index (χ4v) is 2.18. The largest absolute Gasteiger partial charge is 0.493 e. The number of fused-ring (bicyclic) bond motifs is 1. The molecule has 114 valence electrons. The van der Waals surface area contributed by atoms with Gasteiger partial charge >= 0.3 is 0 Å². The van der Waals surface area contributed by atoms with Crippen LogP contribution in [0.2, 0.25) is 0 Å². The molecule has 2 heteroatoms. The van der Waals surface area contributed by atoms with E-state index in [4.69, 9.17) is 9.47 Å². The van der Waals surface area contributed by atoms with Gasteiger partial charge in [-0.2, -0.15) is 0 Å². The number of aryl methyl sites for hydroxylation is 1. The van der Waals surface area contributed by atoms with Crippen LogP contribution in [0.4, 0.5) is 0 Å². The summed E-state index contributed by atoms with van der Waals surface area (Å²) in [4.78, 5) is 0. The van der Waals surface area contributed by atoms with Gasteiger partial charge in [-0.1, -0.05) is 39.8 Å². The lowest BCUT2D eigenvalue weighted by Crippen LogP contribution is -2.06. The molecule has 0 spiro atoms. The van der Waals surface area contributed by atoms with Crippen molar-refractivity contribution >= 4 is 10.8 Å². The van der Waals surface area contributed by atoms with E-state index in [2.05, 4.69) is 58.9 Å². The summed E-state index contributed by atoms with van der Waals surface area (Å²) in [6.07, 6.45) is 0. The van der Waals surface area contributed by atoms with Gasteiger partial charge in [0.15, 0.2) is 0 Å².